The number of carbonyl (C=O) groups is 3. The molecule has 2 aliphatic rings. The Balaban J connectivity index is 0.000000273. The third-order valence-electron chi connectivity index (χ3n) is 15.2. The van der Waals surface area contributed by atoms with Crippen LogP contribution in [0.25, 0.3) is 43.9 Å². The summed E-state index contributed by atoms with van der Waals surface area (Å²) in [6, 6.07) is 13.2. The van der Waals surface area contributed by atoms with Crippen LogP contribution in [-0.2, 0) is 59.3 Å². The summed E-state index contributed by atoms with van der Waals surface area (Å²) in [5.41, 5.74) is 20.3. The van der Waals surface area contributed by atoms with E-state index >= 15 is 0 Å². The number of fused-ring (bicyclic) bond motifs is 6. The lowest BCUT2D eigenvalue weighted by Crippen LogP contribution is -2.47. The highest BCUT2D eigenvalue weighted by molar-refractivity contribution is 6.08. The lowest BCUT2D eigenvalue weighted by molar-refractivity contribution is -0.157. The molecule has 2 aromatic carbocycles. The van der Waals surface area contributed by atoms with Crippen molar-refractivity contribution in [2.75, 3.05) is 148 Å². The fraction of sp³-hybridized carbons (Fsp3) is 0.657. The summed E-state index contributed by atoms with van der Waals surface area (Å²) in [6.45, 7) is 29.7. The molecule has 21 heteroatoms. The summed E-state index contributed by atoms with van der Waals surface area (Å²) in [4.78, 5) is 64.1. The number of nitrogen functional groups attached to an aromatic ring is 2. The molecule has 6 aromatic rings. The van der Waals surface area contributed by atoms with Gasteiger partial charge in [0.1, 0.15) is 46.8 Å². The van der Waals surface area contributed by atoms with Crippen LogP contribution in [0.15, 0.2) is 36.4 Å². The van der Waals surface area contributed by atoms with Gasteiger partial charge >= 0.3 is 11.9 Å². The van der Waals surface area contributed by atoms with E-state index in [9.17, 15) is 14.4 Å². The van der Waals surface area contributed by atoms with Gasteiger partial charge in [-0.2, -0.15) is 0 Å². The number of nitrogens with one attached hydrogen (secondary N) is 1. The molecular weight excluding hydrogens is 1110 g/mol. The quantitative estimate of drug-likeness (QED) is 0.0225. The van der Waals surface area contributed by atoms with E-state index in [0.717, 1.165) is 193 Å². The molecule has 0 atom stereocenters. The first-order valence-corrected chi connectivity index (χ1v) is 32.0. The van der Waals surface area contributed by atoms with Crippen LogP contribution in [0.1, 0.15) is 139 Å². The Morgan fingerprint density at radius 3 is 1.45 bits per heavy atom. The minimum Gasteiger partial charge on any atom is -0.460 e. The van der Waals surface area contributed by atoms with E-state index in [-0.39, 0.29) is 45.4 Å². The zero-order chi connectivity index (χ0) is 63.1. The number of carbonyl (C=O) groups excluding carboxylic acids is 3. The molecule has 5 N–H and O–H groups in total. The molecule has 2 fully saturated rings. The number of nitrogens with two attached hydrogens (primary N) is 2. The number of hydrogen-bond donors (Lipinski definition) is 3. The van der Waals surface area contributed by atoms with Gasteiger partial charge in [-0.15, -0.1) is 0 Å². The molecule has 4 aromatic heterocycles. The number of anilines is 4. The molecule has 0 bridgehead atoms. The van der Waals surface area contributed by atoms with Gasteiger partial charge in [-0.25, -0.2) is 19.9 Å². The predicted octanol–water partition coefficient (Wildman–Crippen LogP) is 9.55. The maximum Gasteiger partial charge on any atom is 0.308 e. The zero-order valence-corrected chi connectivity index (χ0v) is 55.0. The number of aryl methyl sites for hydroxylation is 4. The van der Waals surface area contributed by atoms with Crippen LogP contribution in [0.5, 0.6) is 0 Å². The first-order chi connectivity index (χ1) is 41.6. The molecule has 2 saturated heterocycles. The molecule has 0 radical (unpaired) electrons. The van der Waals surface area contributed by atoms with Crippen LogP contribution in [0.2, 0.25) is 0 Å². The summed E-state index contributed by atoms with van der Waals surface area (Å²) >= 11 is 0. The lowest BCUT2D eigenvalue weighted by Gasteiger charge is -2.36. The smallest absolute Gasteiger partial charge is 0.308 e. The number of ether oxygens (including phenoxy) is 4. The van der Waals surface area contributed by atoms with Crippen molar-refractivity contribution in [2.45, 2.75) is 164 Å². The number of rotatable bonds is 29. The van der Waals surface area contributed by atoms with Crippen molar-refractivity contribution in [1.82, 2.24) is 49.1 Å². The molecule has 0 aliphatic carbocycles. The number of nitrogens with zero attached hydrogens (tertiary/aromatic N) is 11. The van der Waals surface area contributed by atoms with Crippen LogP contribution in [-0.4, -0.2) is 200 Å². The number of unbranched alkanes of at least 4 members (excludes halogenated alkanes) is 4. The van der Waals surface area contributed by atoms with Gasteiger partial charge in [-0.05, 0) is 158 Å². The van der Waals surface area contributed by atoms with Gasteiger partial charge in [0, 0.05) is 107 Å². The largest absolute Gasteiger partial charge is 0.460 e. The monoisotopic (exact) mass is 1220 g/mol. The SMILES string of the molecule is C.CC(C)(C)OC(=O)CCOCC=O.CCCCc1nc2c(N)nc3ccc(N4CCN(CCOCCC(=O)OC(C)(C)C)CC4)cc3c2n1CCCCN(C)C.CCCCc1nc2c(N)nc3ccc(N4CCNCC4)cc3c2n1CCCCN(C)C. The number of pyridine rings is 2. The highest BCUT2D eigenvalue weighted by atomic mass is 16.6. The van der Waals surface area contributed by atoms with Gasteiger partial charge in [-0.3, -0.25) is 14.5 Å². The second-order valence-electron chi connectivity index (χ2n) is 25.5. The van der Waals surface area contributed by atoms with E-state index in [2.05, 4.69) is 117 Å². The molecule has 8 rings (SSSR count). The van der Waals surface area contributed by atoms with Crippen LogP contribution >= 0.6 is 0 Å². The standard InChI is InChI=1S/C33H53N7O3.C24H37N7.C9H16O4.CH4/c1-7-8-11-28-36-30-31(40(28)16-10-9-15-37(5)6)26-24-25(12-13-27(26)35-32(30)34)39-19-17-38(18-20-39)21-23-42-22-14-29(41)43-33(2,3)4;1-4-5-8-21-28-22-23(31(21)14-7-6-13-29(2)3)19-17-18(30-15-11-26-12-16-30)9-10-20(19)27-24(22)25;1-9(2,3)13-8(11)4-6-12-7-5-10;/h12-13,24H,7-11,14-23H2,1-6H3,(H2,34,35);9-10,17,26H,4-8,11-16H2,1-3H3,(H2,25,27);5H,4,6-7H2,1-3H3;1H4. The Morgan fingerprint density at radius 1 is 0.591 bits per heavy atom. The van der Waals surface area contributed by atoms with E-state index < -0.39 is 11.2 Å². The number of piperazine rings is 2. The van der Waals surface area contributed by atoms with Gasteiger partial charge in [0.15, 0.2) is 11.6 Å². The predicted molar refractivity (Wildman–Crippen MR) is 361 cm³/mol. The number of hydrogen-bond acceptors (Lipinski definition) is 19. The van der Waals surface area contributed by atoms with Crippen LogP contribution in [0.4, 0.5) is 23.0 Å². The minimum atomic E-state index is -0.457. The molecular formula is C67H110N14O7. The molecule has 88 heavy (non-hydrogen) atoms. The van der Waals surface area contributed by atoms with Crippen molar-refractivity contribution in [3.63, 3.8) is 0 Å². The third-order valence-corrected chi connectivity index (χ3v) is 15.2. The third kappa shape index (κ3) is 22.7. The van der Waals surface area contributed by atoms with Crippen molar-refractivity contribution in [3.8, 4) is 0 Å². The second kappa shape index (κ2) is 35.8. The van der Waals surface area contributed by atoms with E-state index in [4.69, 9.17) is 50.4 Å². The summed E-state index contributed by atoms with van der Waals surface area (Å²) in [5, 5.41) is 5.74. The highest BCUT2D eigenvalue weighted by Crippen LogP contribution is 2.35. The fourth-order valence-electron chi connectivity index (χ4n) is 10.9. The molecule has 0 unspecified atom stereocenters. The summed E-state index contributed by atoms with van der Waals surface area (Å²) in [5.74, 6) is 2.81. The molecule has 0 spiro atoms. The van der Waals surface area contributed by atoms with Gasteiger partial charge in [0.2, 0.25) is 0 Å². The van der Waals surface area contributed by atoms with Gasteiger partial charge in [0.25, 0.3) is 0 Å². The number of aromatic nitrogens is 6. The molecule has 0 saturated carbocycles. The van der Waals surface area contributed by atoms with Gasteiger partial charge in [-0.1, -0.05) is 34.1 Å². The Bertz CT molecular complexity index is 3100. The average molecular weight is 1220 g/mol. The molecule has 0 amide bonds. The topological polar surface area (TPSA) is 230 Å². The van der Waals surface area contributed by atoms with Crippen LogP contribution in [0, 0.1) is 0 Å². The summed E-state index contributed by atoms with van der Waals surface area (Å²) in [6.07, 6.45) is 12.1. The van der Waals surface area contributed by atoms with Crippen molar-refractivity contribution in [2.24, 2.45) is 0 Å². The molecule has 21 nitrogen and oxygen atoms in total. The van der Waals surface area contributed by atoms with Gasteiger partial charge < -0.3 is 69.3 Å². The summed E-state index contributed by atoms with van der Waals surface area (Å²) < 4.78 is 25.7. The maximum absolute atomic E-state index is 11.9. The Kier molecular flexibility index (Phi) is 29.5. The summed E-state index contributed by atoms with van der Waals surface area (Å²) in [7, 11) is 8.53. The van der Waals surface area contributed by atoms with Crippen molar-refractivity contribution < 1.29 is 33.3 Å². The zero-order valence-electron chi connectivity index (χ0n) is 55.0. The first-order valence-electron chi connectivity index (χ1n) is 32.0. The van der Waals surface area contributed by atoms with Crippen molar-refractivity contribution >= 4 is 85.1 Å². The normalized spacial score (nSPS) is 14.1. The number of aldehydes is 1. The second-order valence-corrected chi connectivity index (χ2v) is 25.5. The lowest BCUT2D eigenvalue weighted by atomic mass is 10.1. The van der Waals surface area contributed by atoms with Gasteiger partial charge in [0.05, 0.1) is 54.7 Å². The average Bonchev–Trinajstić information content (AvgIpc) is 2.22. The Labute approximate surface area is 525 Å². The van der Waals surface area contributed by atoms with Crippen molar-refractivity contribution in [3.05, 3.63) is 48.0 Å². The maximum atomic E-state index is 11.9. The molecule has 6 heterocycles. The Hall–Kier alpha value is -6.23. The number of benzene rings is 2. The van der Waals surface area contributed by atoms with E-state index in [1.54, 1.807) is 20.8 Å². The number of imidazole rings is 2. The van der Waals surface area contributed by atoms with E-state index in [1.807, 2.05) is 20.8 Å². The van der Waals surface area contributed by atoms with E-state index in [1.165, 1.54) is 23.2 Å². The highest BCUT2D eigenvalue weighted by Gasteiger charge is 2.24. The molecule has 490 valence electrons. The fourth-order valence-corrected chi connectivity index (χ4v) is 10.9. The minimum absolute atomic E-state index is 0. The first kappa shape index (κ1) is 72.5. The van der Waals surface area contributed by atoms with Crippen LogP contribution < -0.4 is 26.6 Å². The number of esters is 2. The van der Waals surface area contributed by atoms with E-state index in [0.29, 0.717) is 31.1 Å². The van der Waals surface area contributed by atoms with Crippen molar-refractivity contribution in [1.29, 1.82) is 0 Å². The molecule has 2 aliphatic heterocycles. The van der Waals surface area contributed by atoms with Crippen LogP contribution in [0.3, 0.4) is 0 Å². The Morgan fingerprint density at radius 2 is 1.03 bits per heavy atom.